The van der Waals surface area contributed by atoms with Gasteiger partial charge < -0.3 is 44.8 Å². The highest BCUT2D eigenvalue weighted by Gasteiger charge is 2.33. The molecule has 0 unspecified atom stereocenters. The van der Waals surface area contributed by atoms with Gasteiger partial charge >= 0.3 is 6.18 Å². The molecule has 8 aromatic heterocycles. The lowest BCUT2D eigenvalue weighted by molar-refractivity contribution is -0.136. The lowest BCUT2D eigenvalue weighted by Crippen LogP contribution is -2.04. The monoisotopic (exact) mass is 1380 g/mol. The highest BCUT2D eigenvalue weighted by Crippen LogP contribution is 2.36. The number of aryl methyl sites for hydroxylation is 7. The van der Waals surface area contributed by atoms with E-state index in [9.17, 15) is 17.6 Å². The maximum Gasteiger partial charge on any atom is 0.420 e. The number of rotatable bonds is 1. The molecular formula is C81H67Cl3F4O10. The molecule has 0 atom stereocenters. The van der Waals surface area contributed by atoms with Gasteiger partial charge in [0.2, 0.25) is 0 Å². The Morgan fingerprint density at radius 1 is 0.367 bits per heavy atom. The molecule has 500 valence electrons. The van der Waals surface area contributed by atoms with Crippen LogP contribution in [-0.2, 0) is 12.6 Å². The molecule has 9 aromatic carbocycles. The Morgan fingerprint density at radius 2 is 0.847 bits per heavy atom. The molecule has 10 nitrogen and oxygen atoms in total. The zero-order valence-electron chi connectivity index (χ0n) is 54.7. The van der Waals surface area contributed by atoms with Crippen molar-refractivity contribution >= 4 is 123 Å². The normalized spacial score (nSPS) is 11.2. The summed E-state index contributed by atoms with van der Waals surface area (Å²) >= 11 is 17.7. The number of benzene rings is 9. The van der Waals surface area contributed by atoms with Crippen molar-refractivity contribution in [1.29, 1.82) is 0 Å². The summed E-state index contributed by atoms with van der Waals surface area (Å²) in [5.74, 6) is 1.67. The Hall–Kier alpha value is -10.5. The molecule has 17 heteroatoms. The summed E-state index contributed by atoms with van der Waals surface area (Å²) < 4.78 is 101. The summed E-state index contributed by atoms with van der Waals surface area (Å²) in [4.78, 5) is 0. The van der Waals surface area contributed by atoms with E-state index in [1.165, 1.54) is 74.9 Å². The summed E-state index contributed by atoms with van der Waals surface area (Å²) in [6.07, 6.45) is 9.55. The first-order valence-electron chi connectivity index (χ1n) is 30.9. The highest BCUT2D eigenvalue weighted by atomic mass is 35.5. The molecule has 9 heterocycles. The van der Waals surface area contributed by atoms with Gasteiger partial charge in [0.05, 0.1) is 84.8 Å². The molecule has 0 radical (unpaired) electrons. The predicted octanol–water partition coefficient (Wildman–Crippen LogP) is 26.4. The SMILES string of the molecule is COc1cccc2occc12.Cc1c(Cl)ccc2ccoc12.Cc1ccc(C)c2occc12.Cc1ccc2ccoc2c1C.Cc1ccc2ccoc2c1Cl.Cc1cccc2c1OCC2.Clc1cccc2ccoc12.FC(F)(F)c1cccc2ccoc12.Fc1cccc2ccoc12. The summed E-state index contributed by atoms with van der Waals surface area (Å²) in [5, 5.41) is 10.1. The fourth-order valence-electron chi connectivity index (χ4n) is 10.5. The van der Waals surface area contributed by atoms with Crippen molar-refractivity contribution in [1.82, 2.24) is 0 Å². The van der Waals surface area contributed by atoms with Crippen LogP contribution in [0.15, 0.2) is 273 Å². The number of furan rings is 8. The minimum Gasteiger partial charge on any atom is -0.496 e. The average molecular weight is 1380 g/mol. The number of ether oxygens (including phenoxy) is 2. The van der Waals surface area contributed by atoms with Crippen LogP contribution in [0.3, 0.4) is 0 Å². The van der Waals surface area contributed by atoms with Gasteiger partial charge in [-0.05, 0) is 178 Å². The molecule has 0 bridgehead atoms. The maximum atomic E-state index is 12.7. The largest absolute Gasteiger partial charge is 0.496 e. The molecule has 17 aromatic rings. The van der Waals surface area contributed by atoms with Gasteiger partial charge in [-0.2, -0.15) is 13.2 Å². The molecule has 0 N–H and O–H groups in total. The van der Waals surface area contributed by atoms with E-state index in [-0.39, 0.29) is 11.4 Å². The number of para-hydroxylation sites is 4. The Kier molecular flexibility index (Phi) is 23.3. The molecule has 0 amide bonds. The van der Waals surface area contributed by atoms with Gasteiger partial charge in [-0.15, -0.1) is 0 Å². The maximum absolute atomic E-state index is 12.7. The summed E-state index contributed by atoms with van der Waals surface area (Å²) in [7, 11) is 1.65. The van der Waals surface area contributed by atoms with Crippen LogP contribution >= 0.6 is 34.8 Å². The van der Waals surface area contributed by atoms with Crippen molar-refractivity contribution in [3.05, 3.63) is 309 Å². The van der Waals surface area contributed by atoms with Gasteiger partial charge in [0.25, 0.3) is 0 Å². The third-order valence-electron chi connectivity index (χ3n) is 16.0. The minimum atomic E-state index is -4.35. The molecule has 0 saturated heterocycles. The van der Waals surface area contributed by atoms with Gasteiger partial charge in [0.1, 0.15) is 39.4 Å². The van der Waals surface area contributed by atoms with Crippen LogP contribution in [0.5, 0.6) is 11.5 Å². The van der Waals surface area contributed by atoms with E-state index in [1.54, 1.807) is 62.9 Å². The van der Waals surface area contributed by atoms with E-state index in [1.807, 2.05) is 117 Å². The molecule has 0 spiro atoms. The van der Waals surface area contributed by atoms with Crippen LogP contribution in [-0.4, -0.2) is 13.7 Å². The molecule has 0 fully saturated rings. The quantitative estimate of drug-likeness (QED) is 0.147. The third-order valence-corrected chi connectivity index (χ3v) is 17.1. The second-order valence-electron chi connectivity index (χ2n) is 22.5. The van der Waals surface area contributed by atoms with E-state index >= 15 is 0 Å². The molecule has 18 rings (SSSR count). The second-order valence-corrected chi connectivity index (χ2v) is 23.7. The Labute approximate surface area is 577 Å². The van der Waals surface area contributed by atoms with Crippen LogP contribution < -0.4 is 9.47 Å². The fourth-order valence-corrected chi connectivity index (χ4v) is 11.1. The molecule has 98 heavy (non-hydrogen) atoms. The molecule has 0 aliphatic carbocycles. The third kappa shape index (κ3) is 17.0. The Balaban J connectivity index is 0.000000120. The van der Waals surface area contributed by atoms with E-state index < -0.39 is 11.7 Å². The Morgan fingerprint density at radius 3 is 1.48 bits per heavy atom. The number of alkyl halides is 3. The van der Waals surface area contributed by atoms with E-state index in [0.717, 1.165) is 107 Å². The number of hydrogen-bond donors (Lipinski definition) is 0. The number of halogens is 7. The topological polar surface area (TPSA) is 124 Å². The molecule has 1 aliphatic heterocycles. The van der Waals surface area contributed by atoms with Gasteiger partial charge in [-0.25, -0.2) is 4.39 Å². The van der Waals surface area contributed by atoms with E-state index in [4.69, 9.17) is 79.6 Å². The van der Waals surface area contributed by atoms with Crippen LogP contribution in [0.25, 0.3) is 87.8 Å². The van der Waals surface area contributed by atoms with Crippen molar-refractivity contribution < 1.29 is 62.4 Å². The summed E-state index contributed by atoms with van der Waals surface area (Å²) in [6.45, 7) is 15.2. The summed E-state index contributed by atoms with van der Waals surface area (Å²) in [5.41, 5.74) is 14.5. The van der Waals surface area contributed by atoms with Crippen molar-refractivity contribution in [3.8, 4) is 11.5 Å². The minimum absolute atomic E-state index is 0.102. The number of fused-ring (bicyclic) bond motifs is 9. The van der Waals surface area contributed by atoms with Crippen LogP contribution in [0.1, 0.15) is 50.1 Å². The molecule has 0 saturated carbocycles. The van der Waals surface area contributed by atoms with Gasteiger partial charge in [0.15, 0.2) is 22.6 Å². The standard InChI is InChI=1S/2C10H10O.2C9H7ClO.C9H5F3O.C9H8O2.C9H10O.C8H5ClO.C8H5FO/c1-7-3-4-9-5-6-11-10(9)8(7)2;1-7-3-4-8(2)10-9(7)5-6-11-10;1-6-8(10)3-2-7-4-5-11-9(6)7;1-6-2-3-7-4-5-11-9(7)8(6)10;10-9(11,12)7-3-1-2-6-4-5-13-8(6)7;1-10-8-3-2-4-9-7(8)5-6-11-9;1-7-3-2-4-8-5-6-10-9(7)8;2*9-7-3-1-2-6-4-5-10-8(6)7/h2*3-6H,1-2H3;2*2-5H,1H3;1-5H;2-6H,1H3;2-4H,5-6H2,1H3;2*1-5H. The smallest absolute Gasteiger partial charge is 0.420 e. The van der Waals surface area contributed by atoms with Crippen LogP contribution in [0, 0.1) is 54.3 Å². The first-order valence-corrected chi connectivity index (χ1v) is 32.0. The van der Waals surface area contributed by atoms with Crippen molar-refractivity contribution in [2.24, 2.45) is 0 Å². The summed E-state index contributed by atoms with van der Waals surface area (Å²) in [6, 6.07) is 57.6. The van der Waals surface area contributed by atoms with Crippen molar-refractivity contribution in [3.63, 3.8) is 0 Å². The van der Waals surface area contributed by atoms with Crippen LogP contribution in [0.4, 0.5) is 17.6 Å². The van der Waals surface area contributed by atoms with Gasteiger partial charge in [0, 0.05) is 54.7 Å². The number of methoxy groups -OCH3 is 1. The highest BCUT2D eigenvalue weighted by molar-refractivity contribution is 6.35. The van der Waals surface area contributed by atoms with Crippen molar-refractivity contribution in [2.45, 2.75) is 61.1 Å². The van der Waals surface area contributed by atoms with Crippen LogP contribution in [0.2, 0.25) is 15.1 Å². The first-order chi connectivity index (χ1) is 47.3. The lowest BCUT2D eigenvalue weighted by Gasteiger charge is -2.05. The van der Waals surface area contributed by atoms with E-state index in [0.29, 0.717) is 21.0 Å². The van der Waals surface area contributed by atoms with Gasteiger partial charge in [-0.1, -0.05) is 132 Å². The fraction of sp³-hybridized carbons (Fsp3) is 0.136. The molecule has 1 aliphatic rings. The predicted molar refractivity (Wildman–Crippen MR) is 385 cm³/mol. The van der Waals surface area contributed by atoms with E-state index in [2.05, 4.69) is 77.1 Å². The first kappa shape index (κ1) is 70.3. The number of hydrogen-bond acceptors (Lipinski definition) is 10. The lowest BCUT2D eigenvalue weighted by atomic mass is 10.1. The molecular weight excluding hydrogens is 1320 g/mol. The zero-order valence-corrected chi connectivity index (χ0v) is 56.9. The van der Waals surface area contributed by atoms with Gasteiger partial charge in [-0.3, -0.25) is 0 Å². The average Bonchev–Trinajstić information content (AvgIpc) is 1.28. The Bertz CT molecular complexity index is 5130. The zero-order chi connectivity index (χ0) is 69.5. The second kappa shape index (κ2) is 32.5. The van der Waals surface area contributed by atoms with Crippen molar-refractivity contribution in [2.75, 3.05) is 13.7 Å².